The first-order chi connectivity index (χ1) is 7.25. The summed E-state index contributed by atoms with van der Waals surface area (Å²) in [6, 6.07) is 5.80. The van der Waals surface area contributed by atoms with E-state index in [1.165, 1.54) is 0 Å². The summed E-state index contributed by atoms with van der Waals surface area (Å²) < 4.78 is 18.5. The van der Waals surface area contributed by atoms with Gasteiger partial charge in [0.05, 0.1) is 6.61 Å². The van der Waals surface area contributed by atoms with Gasteiger partial charge in [0, 0.05) is 19.2 Å². The number of hydrogen-bond acceptors (Lipinski definition) is 2. The maximum atomic E-state index is 13.2. The van der Waals surface area contributed by atoms with Crippen molar-refractivity contribution < 1.29 is 9.13 Å². The molecule has 1 saturated heterocycles. The smallest absolute Gasteiger partial charge is 0.126 e. The maximum Gasteiger partial charge on any atom is 0.126 e. The SMILES string of the molecule is Cc1ccc(CNC2CCOC2)cc1F. The molecule has 2 nitrogen and oxygen atoms in total. The third-order valence-corrected chi connectivity index (χ3v) is 2.76. The molecular formula is C12H16FNO. The highest BCUT2D eigenvalue weighted by Gasteiger charge is 2.14. The normalized spacial score (nSPS) is 20.8. The first-order valence-electron chi connectivity index (χ1n) is 5.32. The van der Waals surface area contributed by atoms with Crippen molar-refractivity contribution in [2.75, 3.05) is 13.2 Å². The topological polar surface area (TPSA) is 21.3 Å². The van der Waals surface area contributed by atoms with Crippen LogP contribution in [-0.2, 0) is 11.3 Å². The zero-order valence-corrected chi connectivity index (χ0v) is 8.92. The third kappa shape index (κ3) is 2.76. The van der Waals surface area contributed by atoms with Gasteiger partial charge in [0.25, 0.3) is 0 Å². The van der Waals surface area contributed by atoms with E-state index in [0.717, 1.165) is 25.2 Å². The average molecular weight is 209 g/mol. The third-order valence-electron chi connectivity index (χ3n) is 2.76. The molecule has 1 aromatic carbocycles. The molecule has 1 fully saturated rings. The van der Waals surface area contributed by atoms with Crippen LogP contribution in [0.15, 0.2) is 18.2 Å². The van der Waals surface area contributed by atoms with E-state index >= 15 is 0 Å². The molecule has 2 rings (SSSR count). The highest BCUT2D eigenvalue weighted by atomic mass is 19.1. The van der Waals surface area contributed by atoms with Gasteiger partial charge in [-0.25, -0.2) is 4.39 Å². The summed E-state index contributed by atoms with van der Waals surface area (Å²) in [6.45, 7) is 4.09. The molecule has 3 heteroatoms. The molecule has 0 spiro atoms. The fraction of sp³-hybridized carbons (Fsp3) is 0.500. The molecule has 82 valence electrons. The molecule has 0 bridgehead atoms. The summed E-state index contributed by atoms with van der Waals surface area (Å²) >= 11 is 0. The van der Waals surface area contributed by atoms with Crippen molar-refractivity contribution in [3.05, 3.63) is 35.1 Å². The summed E-state index contributed by atoms with van der Waals surface area (Å²) in [7, 11) is 0. The van der Waals surface area contributed by atoms with Crippen molar-refractivity contribution in [2.24, 2.45) is 0 Å². The van der Waals surface area contributed by atoms with Crippen LogP contribution in [-0.4, -0.2) is 19.3 Å². The Morgan fingerprint density at radius 1 is 1.53 bits per heavy atom. The van der Waals surface area contributed by atoms with Crippen molar-refractivity contribution in [1.29, 1.82) is 0 Å². The Labute approximate surface area is 89.4 Å². The van der Waals surface area contributed by atoms with Crippen LogP contribution in [0.5, 0.6) is 0 Å². The van der Waals surface area contributed by atoms with Crippen molar-refractivity contribution in [3.8, 4) is 0 Å². The van der Waals surface area contributed by atoms with Crippen LogP contribution in [0.4, 0.5) is 4.39 Å². The summed E-state index contributed by atoms with van der Waals surface area (Å²) in [5.74, 6) is -0.128. The van der Waals surface area contributed by atoms with E-state index in [0.29, 0.717) is 18.2 Å². The standard InChI is InChI=1S/C12H16FNO/c1-9-2-3-10(6-12(9)13)7-14-11-4-5-15-8-11/h2-3,6,11,14H,4-5,7-8H2,1H3. The minimum atomic E-state index is -0.128. The van der Waals surface area contributed by atoms with Gasteiger partial charge in [0.2, 0.25) is 0 Å². The molecule has 1 aromatic rings. The Kier molecular flexibility index (Phi) is 3.34. The number of benzene rings is 1. The molecule has 1 heterocycles. The van der Waals surface area contributed by atoms with Gasteiger partial charge < -0.3 is 10.1 Å². The zero-order chi connectivity index (χ0) is 10.7. The number of ether oxygens (including phenoxy) is 1. The van der Waals surface area contributed by atoms with Crippen LogP contribution in [0.25, 0.3) is 0 Å². The van der Waals surface area contributed by atoms with E-state index < -0.39 is 0 Å². The lowest BCUT2D eigenvalue weighted by Gasteiger charge is -2.10. The Balaban J connectivity index is 1.90. The Morgan fingerprint density at radius 2 is 2.40 bits per heavy atom. The van der Waals surface area contributed by atoms with E-state index in [2.05, 4.69) is 5.32 Å². The highest BCUT2D eigenvalue weighted by molar-refractivity contribution is 5.23. The number of aryl methyl sites for hydroxylation is 1. The van der Waals surface area contributed by atoms with Gasteiger partial charge in [-0.15, -0.1) is 0 Å². The molecule has 0 aliphatic carbocycles. The van der Waals surface area contributed by atoms with Crippen molar-refractivity contribution in [2.45, 2.75) is 25.9 Å². The van der Waals surface area contributed by atoms with Gasteiger partial charge in [0.1, 0.15) is 5.82 Å². The molecule has 1 atom stereocenters. The van der Waals surface area contributed by atoms with Crippen LogP contribution >= 0.6 is 0 Å². The van der Waals surface area contributed by atoms with Crippen LogP contribution in [0.2, 0.25) is 0 Å². The van der Waals surface area contributed by atoms with Gasteiger partial charge in [-0.05, 0) is 30.5 Å². The zero-order valence-electron chi connectivity index (χ0n) is 8.92. The summed E-state index contributed by atoms with van der Waals surface area (Å²) in [4.78, 5) is 0. The lowest BCUT2D eigenvalue weighted by Crippen LogP contribution is -2.28. The first-order valence-corrected chi connectivity index (χ1v) is 5.32. The first kappa shape index (κ1) is 10.6. The minimum Gasteiger partial charge on any atom is -0.380 e. The summed E-state index contributed by atoms with van der Waals surface area (Å²) in [6.07, 6.45) is 1.05. The predicted molar refractivity (Wildman–Crippen MR) is 57.2 cm³/mol. The molecule has 1 unspecified atom stereocenters. The Hall–Kier alpha value is -0.930. The second-order valence-corrected chi connectivity index (χ2v) is 4.02. The quantitative estimate of drug-likeness (QED) is 0.822. The second kappa shape index (κ2) is 4.73. The largest absolute Gasteiger partial charge is 0.380 e. The lowest BCUT2D eigenvalue weighted by atomic mass is 10.1. The van der Waals surface area contributed by atoms with E-state index in [9.17, 15) is 4.39 Å². The van der Waals surface area contributed by atoms with E-state index in [1.54, 1.807) is 13.0 Å². The molecule has 0 saturated carbocycles. The number of nitrogens with one attached hydrogen (secondary N) is 1. The van der Waals surface area contributed by atoms with Gasteiger partial charge in [-0.2, -0.15) is 0 Å². The fourth-order valence-electron chi connectivity index (χ4n) is 1.70. The van der Waals surface area contributed by atoms with Gasteiger partial charge >= 0.3 is 0 Å². The Morgan fingerprint density at radius 3 is 3.07 bits per heavy atom. The van der Waals surface area contributed by atoms with Crippen molar-refractivity contribution in [3.63, 3.8) is 0 Å². The van der Waals surface area contributed by atoms with Crippen LogP contribution in [0.3, 0.4) is 0 Å². The van der Waals surface area contributed by atoms with Crippen molar-refractivity contribution >= 4 is 0 Å². The molecular weight excluding hydrogens is 193 g/mol. The molecule has 1 N–H and O–H groups in total. The minimum absolute atomic E-state index is 0.128. The maximum absolute atomic E-state index is 13.2. The molecule has 1 aliphatic heterocycles. The van der Waals surface area contributed by atoms with Gasteiger partial charge in [-0.1, -0.05) is 12.1 Å². The predicted octanol–water partition coefficient (Wildman–Crippen LogP) is 2.01. The molecule has 0 radical (unpaired) electrons. The van der Waals surface area contributed by atoms with Gasteiger partial charge in [0.15, 0.2) is 0 Å². The number of halogens is 1. The number of hydrogen-bond donors (Lipinski definition) is 1. The molecule has 1 aliphatic rings. The lowest BCUT2D eigenvalue weighted by molar-refractivity contribution is 0.190. The molecule has 0 amide bonds. The van der Waals surface area contributed by atoms with Gasteiger partial charge in [-0.3, -0.25) is 0 Å². The monoisotopic (exact) mass is 209 g/mol. The van der Waals surface area contributed by atoms with Crippen LogP contribution in [0.1, 0.15) is 17.5 Å². The van der Waals surface area contributed by atoms with Crippen LogP contribution in [0, 0.1) is 12.7 Å². The van der Waals surface area contributed by atoms with E-state index in [-0.39, 0.29) is 5.82 Å². The second-order valence-electron chi connectivity index (χ2n) is 4.02. The van der Waals surface area contributed by atoms with Crippen molar-refractivity contribution in [1.82, 2.24) is 5.32 Å². The molecule has 0 aromatic heterocycles. The number of rotatable bonds is 3. The highest BCUT2D eigenvalue weighted by Crippen LogP contribution is 2.10. The van der Waals surface area contributed by atoms with E-state index in [4.69, 9.17) is 4.74 Å². The van der Waals surface area contributed by atoms with E-state index in [1.807, 2.05) is 12.1 Å². The summed E-state index contributed by atoms with van der Waals surface area (Å²) in [5.41, 5.74) is 1.69. The fourth-order valence-corrected chi connectivity index (χ4v) is 1.70. The average Bonchev–Trinajstić information content (AvgIpc) is 2.73. The Bertz CT molecular complexity index is 334. The molecule has 15 heavy (non-hydrogen) atoms. The van der Waals surface area contributed by atoms with Crippen LogP contribution < -0.4 is 5.32 Å². The summed E-state index contributed by atoms with van der Waals surface area (Å²) in [5, 5.41) is 3.35.